The Morgan fingerprint density at radius 3 is 2.25 bits per heavy atom. The van der Waals surface area contributed by atoms with Gasteiger partial charge in [-0.2, -0.15) is 5.26 Å². The Hall–Kier alpha value is -0.550. The lowest BCUT2D eigenvalue weighted by atomic mass is 9.74. The standard InChI is InChI=1S/C10H17NO/c1-8(2)10(12)5-3-9(7-11)4-6-10/h8-9,12H,3-6H2,1-2H3. The first-order chi connectivity index (χ1) is 5.58. The second-order valence-electron chi connectivity index (χ2n) is 4.16. The molecule has 0 aromatic rings. The minimum atomic E-state index is -0.493. The SMILES string of the molecule is CC(C)C1(O)CCC(C#N)CC1. The first-order valence-corrected chi connectivity index (χ1v) is 4.70. The molecule has 1 aliphatic rings. The molecule has 2 heteroatoms. The maximum absolute atomic E-state index is 10.1. The average Bonchev–Trinajstić information content (AvgIpc) is 2.06. The van der Waals surface area contributed by atoms with Crippen LogP contribution in [-0.2, 0) is 0 Å². The highest BCUT2D eigenvalue weighted by molar-refractivity contribution is 4.94. The van der Waals surface area contributed by atoms with Gasteiger partial charge in [-0.05, 0) is 31.6 Å². The van der Waals surface area contributed by atoms with E-state index in [9.17, 15) is 5.11 Å². The molecule has 0 saturated heterocycles. The van der Waals surface area contributed by atoms with Crippen LogP contribution in [-0.4, -0.2) is 10.7 Å². The first-order valence-electron chi connectivity index (χ1n) is 4.70. The average molecular weight is 167 g/mol. The van der Waals surface area contributed by atoms with Crippen LogP contribution in [0, 0.1) is 23.2 Å². The quantitative estimate of drug-likeness (QED) is 0.649. The Kier molecular flexibility index (Phi) is 2.74. The molecule has 1 N–H and O–H groups in total. The van der Waals surface area contributed by atoms with Gasteiger partial charge in [0.15, 0.2) is 0 Å². The molecule has 0 spiro atoms. The van der Waals surface area contributed by atoms with Crippen molar-refractivity contribution in [2.75, 3.05) is 0 Å². The van der Waals surface area contributed by atoms with E-state index in [0.29, 0.717) is 5.92 Å². The summed E-state index contributed by atoms with van der Waals surface area (Å²) in [4.78, 5) is 0. The van der Waals surface area contributed by atoms with E-state index in [1.165, 1.54) is 0 Å². The summed E-state index contributed by atoms with van der Waals surface area (Å²) >= 11 is 0. The van der Waals surface area contributed by atoms with Crippen LogP contribution in [0.1, 0.15) is 39.5 Å². The highest BCUT2D eigenvalue weighted by Gasteiger charge is 2.35. The van der Waals surface area contributed by atoms with Crippen LogP contribution < -0.4 is 0 Å². The molecule has 1 saturated carbocycles. The van der Waals surface area contributed by atoms with E-state index >= 15 is 0 Å². The summed E-state index contributed by atoms with van der Waals surface area (Å²) < 4.78 is 0. The van der Waals surface area contributed by atoms with E-state index in [0.717, 1.165) is 25.7 Å². The zero-order chi connectivity index (χ0) is 9.19. The van der Waals surface area contributed by atoms with Gasteiger partial charge in [-0.3, -0.25) is 0 Å². The molecule has 0 atom stereocenters. The molecule has 0 unspecified atom stereocenters. The Morgan fingerprint density at radius 1 is 1.42 bits per heavy atom. The van der Waals surface area contributed by atoms with E-state index in [-0.39, 0.29) is 5.92 Å². The van der Waals surface area contributed by atoms with Gasteiger partial charge in [0.1, 0.15) is 0 Å². The highest BCUT2D eigenvalue weighted by atomic mass is 16.3. The van der Waals surface area contributed by atoms with Crippen molar-refractivity contribution in [3.8, 4) is 6.07 Å². The predicted octanol–water partition coefficient (Wildman–Crippen LogP) is 2.09. The van der Waals surface area contributed by atoms with Gasteiger partial charge in [-0.1, -0.05) is 13.8 Å². The van der Waals surface area contributed by atoms with Crippen LogP contribution in [0.5, 0.6) is 0 Å². The molecule has 0 heterocycles. The van der Waals surface area contributed by atoms with E-state index in [1.54, 1.807) is 0 Å². The van der Waals surface area contributed by atoms with Crippen molar-refractivity contribution in [3.63, 3.8) is 0 Å². The first kappa shape index (κ1) is 9.54. The summed E-state index contributed by atoms with van der Waals surface area (Å²) in [6, 6.07) is 2.27. The maximum Gasteiger partial charge on any atom is 0.0671 e. The summed E-state index contributed by atoms with van der Waals surface area (Å²) in [6.45, 7) is 4.10. The molecule has 12 heavy (non-hydrogen) atoms. The van der Waals surface area contributed by atoms with E-state index in [2.05, 4.69) is 6.07 Å². The summed E-state index contributed by atoms with van der Waals surface area (Å²) in [5.41, 5.74) is -0.493. The van der Waals surface area contributed by atoms with Crippen molar-refractivity contribution in [1.29, 1.82) is 5.26 Å². The lowest BCUT2D eigenvalue weighted by molar-refractivity contribution is -0.0429. The van der Waals surface area contributed by atoms with Gasteiger partial charge in [-0.25, -0.2) is 0 Å². The van der Waals surface area contributed by atoms with Gasteiger partial charge < -0.3 is 5.11 Å². The van der Waals surface area contributed by atoms with E-state index in [1.807, 2.05) is 13.8 Å². The molecule has 0 aromatic carbocycles. The van der Waals surface area contributed by atoms with Crippen molar-refractivity contribution >= 4 is 0 Å². The zero-order valence-electron chi connectivity index (χ0n) is 7.88. The van der Waals surface area contributed by atoms with Gasteiger partial charge in [-0.15, -0.1) is 0 Å². The third-order valence-corrected chi connectivity index (χ3v) is 3.11. The fraction of sp³-hybridized carbons (Fsp3) is 0.900. The molecule has 1 fully saturated rings. The number of nitriles is 1. The third-order valence-electron chi connectivity index (χ3n) is 3.11. The highest BCUT2D eigenvalue weighted by Crippen LogP contribution is 2.36. The lowest BCUT2D eigenvalue weighted by Crippen LogP contribution is -2.38. The molecule has 1 rings (SSSR count). The minimum Gasteiger partial charge on any atom is -0.390 e. The lowest BCUT2D eigenvalue weighted by Gasteiger charge is -2.37. The summed E-state index contributed by atoms with van der Waals surface area (Å²) in [5.74, 6) is 0.501. The Morgan fingerprint density at radius 2 is 1.92 bits per heavy atom. The normalized spacial score (nSPS) is 36.4. The van der Waals surface area contributed by atoms with Crippen LogP contribution in [0.4, 0.5) is 0 Å². The Bertz CT molecular complexity index is 185. The number of aliphatic hydroxyl groups is 1. The second kappa shape index (κ2) is 3.45. The smallest absolute Gasteiger partial charge is 0.0671 e. The third kappa shape index (κ3) is 1.78. The van der Waals surface area contributed by atoms with Crippen LogP contribution in [0.25, 0.3) is 0 Å². The van der Waals surface area contributed by atoms with Crippen molar-refractivity contribution in [2.24, 2.45) is 11.8 Å². The summed E-state index contributed by atoms with van der Waals surface area (Å²) in [7, 11) is 0. The molecular weight excluding hydrogens is 150 g/mol. The molecular formula is C10H17NO. The summed E-state index contributed by atoms with van der Waals surface area (Å²) in [6.07, 6.45) is 3.32. The molecule has 0 aromatic heterocycles. The van der Waals surface area contributed by atoms with E-state index in [4.69, 9.17) is 5.26 Å². The van der Waals surface area contributed by atoms with Gasteiger partial charge >= 0.3 is 0 Å². The zero-order valence-corrected chi connectivity index (χ0v) is 7.88. The minimum absolute atomic E-state index is 0.184. The topological polar surface area (TPSA) is 44.0 Å². The maximum atomic E-state index is 10.1. The van der Waals surface area contributed by atoms with Gasteiger partial charge in [0, 0.05) is 5.92 Å². The van der Waals surface area contributed by atoms with Crippen molar-refractivity contribution in [3.05, 3.63) is 0 Å². The molecule has 0 radical (unpaired) electrons. The number of hydrogen-bond acceptors (Lipinski definition) is 2. The predicted molar refractivity (Wildman–Crippen MR) is 47.4 cm³/mol. The second-order valence-corrected chi connectivity index (χ2v) is 4.16. The number of rotatable bonds is 1. The molecule has 0 bridgehead atoms. The number of nitrogens with zero attached hydrogens (tertiary/aromatic N) is 1. The fourth-order valence-corrected chi connectivity index (χ4v) is 1.82. The molecule has 2 nitrogen and oxygen atoms in total. The van der Waals surface area contributed by atoms with Crippen LogP contribution >= 0.6 is 0 Å². The molecule has 1 aliphatic carbocycles. The van der Waals surface area contributed by atoms with Gasteiger partial charge in [0.05, 0.1) is 11.7 Å². The monoisotopic (exact) mass is 167 g/mol. The van der Waals surface area contributed by atoms with Crippen LogP contribution in [0.3, 0.4) is 0 Å². The van der Waals surface area contributed by atoms with Crippen molar-refractivity contribution in [1.82, 2.24) is 0 Å². The largest absolute Gasteiger partial charge is 0.390 e. The van der Waals surface area contributed by atoms with Gasteiger partial charge in [0.25, 0.3) is 0 Å². The molecule has 68 valence electrons. The molecule has 0 aliphatic heterocycles. The van der Waals surface area contributed by atoms with Crippen LogP contribution in [0.2, 0.25) is 0 Å². The van der Waals surface area contributed by atoms with Crippen LogP contribution in [0.15, 0.2) is 0 Å². The molecule has 0 amide bonds. The van der Waals surface area contributed by atoms with Crippen molar-refractivity contribution in [2.45, 2.75) is 45.1 Å². The van der Waals surface area contributed by atoms with E-state index < -0.39 is 5.60 Å². The Balaban J connectivity index is 2.51. The fourth-order valence-electron chi connectivity index (χ4n) is 1.82. The summed E-state index contributed by atoms with van der Waals surface area (Å²) in [5, 5.41) is 18.7. The van der Waals surface area contributed by atoms with Gasteiger partial charge in [0.2, 0.25) is 0 Å². The number of hydrogen-bond donors (Lipinski definition) is 1. The Labute approximate surface area is 74.2 Å². The van der Waals surface area contributed by atoms with Crippen molar-refractivity contribution < 1.29 is 5.11 Å².